The Morgan fingerprint density at radius 1 is 0.605 bits per heavy atom. The highest BCUT2D eigenvalue weighted by atomic mass is 32.2. The lowest BCUT2D eigenvalue weighted by Crippen LogP contribution is -2.45. The smallest absolute Gasteiger partial charge is 0.183 e. The third-order valence-corrected chi connectivity index (χ3v) is 12.2. The summed E-state index contributed by atoms with van der Waals surface area (Å²) in [7, 11) is -3.89. The Morgan fingerprint density at radius 3 is 1.53 bits per heavy atom. The summed E-state index contributed by atoms with van der Waals surface area (Å²) in [5.74, 6) is -0.0272. The molecule has 2 aliphatic rings. The zero-order chi connectivity index (χ0) is 26.5. The molecule has 0 saturated heterocycles. The second-order valence-electron chi connectivity index (χ2n) is 10.3. The Hall–Kier alpha value is -3.41. The fraction of sp³-hybridized carbons (Fsp3) is 0.182. The SMILES string of the molecule is CC12C(=O)C(C)(C(c3ccccc3)=C1c1ccccc1)C(S(=O)(=O)c1ccccc1)C2Sc1ccccc1. The maximum absolute atomic E-state index is 14.7. The quantitative estimate of drug-likeness (QED) is 0.261. The molecule has 4 aromatic rings. The summed E-state index contributed by atoms with van der Waals surface area (Å²) in [5.41, 5.74) is 1.36. The number of hydrogen-bond donors (Lipinski definition) is 0. The van der Waals surface area contributed by atoms with Gasteiger partial charge in [0.2, 0.25) is 0 Å². The van der Waals surface area contributed by atoms with E-state index < -0.39 is 31.2 Å². The first-order valence-electron chi connectivity index (χ1n) is 12.7. The molecule has 0 aromatic heterocycles. The summed E-state index contributed by atoms with van der Waals surface area (Å²) in [6.45, 7) is 3.83. The Kier molecular flexibility index (Phi) is 5.97. The van der Waals surface area contributed by atoms with Crippen molar-refractivity contribution in [2.24, 2.45) is 10.8 Å². The van der Waals surface area contributed by atoms with E-state index in [0.29, 0.717) is 0 Å². The van der Waals surface area contributed by atoms with Gasteiger partial charge in [0.25, 0.3) is 0 Å². The van der Waals surface area contributed by atoms with Crippen molar-refractivity contribution in [1.82, 2.24) is 0 Å². The topological polar surface area (TPSA) is 51.2 Å². The molecule has 4 atom stereocenters. The van der Waals surface area contributed by atoms with E-state index in [2.05, 4.69) is 0 Å². The third kappa shape index (κ3) is 3.49. The van der Waals surface area contributed by atoms with E-state index in [-0.39, 0.29) is 10.7 Å². The fourth-order valence-electron chi connectivity index (χ4n) is 6.59. The van der Waals surface area contributed by atoms with Crippen LogP contribution in [0.15, 0.2) is 131 Å². The number of carbonyl (C=O) groups excluding carboxylic acids is 1. The number of thioether (sulfide) groups is 1. The summed E-state index contributed by atoms with van der Waals surface area (Å²) in [6, 6.07) is 38.2. The van der Waals surface area contributed by atoms with Crippen molar-refractivity contribution in [3.63, 3.8) is 0 Å². The molecule has 0 amide bonds. The van der Waals surface area contributed by atoms with Crippen LogP contribution in [0.3, 0.4) is 0 Å². The highest BCUT2D eigenvalue weighted by Gasteiger charge is 2.75. The number of carbonyl (C=O) groups is 1. The number of sulfone groups is 1. The summed E-state index contributed by atoms with van der Waals surface area (Å²) in [5, 5.41) is -1.46. The molecule has 5 heteroatoms. The van der Waals surface area contributed by atoms with Crippen molar-refractivity contribution in [3.8, 4) is 0 Å². The summed E-state index contributed by atoms with van der Waals surface area (Å²) >= 11 is 1.51. The van der Waals surface area contributed by atoms with Crippen LogP contribution in [-0.2, 0) is 14.6 Å². The molecule has 1 fully saturated rings. The van der Waals surface area contributed by atoms with Gasteiger partial charge in [-0.05, 0) is 60.4 Å². The molecular weight excluding hydrogens is 508 g/mol. The molecule has 1 saturated carbocycles. The van der Waals surface area contributed by atoms with Gasteiger partial charge in [-0.2, -0.15) is 0 Å². The van der Waals surface area contributed by atoms with E-state index in [1.807, 2.05) is 111 Å². The number of benzene rings is 4. The highest BCUT2D eigenvalue weighted by molar-refractivity contribution is 8.01. The van der Waals surface area contributed by atoms with Crippen molar-refractivity contribution in [2.75, 3.05) is 0 Å². The molecule has 2 aliphatic carbocycles. The molecular formula is C33H28O3S2. The van der Waals surface area contributed by atoms with E-state index in [9.17, 15) is 13.2 Å². The molecule has 0 spiro atoms. The van der Waals surface area contributed by atoms with Crippen molar-refractivity contribution in [2.45, 2.75) is 34.1 Å². The molecule has 0 aliphatic heterocycles. The number of Topliss-reactive ketones (excluding diaryl/α,β-unsaturated/α-hetero) is 1. The van der Waals surface area contributed by atoms with Gasteiger partial charge in [-0.15, -0.1) is 11.8 Å². The number of allylic oxidation sites excluding steroid dienone is 2. The summed E-state index contributed by atoms with van der Waals surface area (Å²) in [6.07, 6.45) is 0. The van der Waals surface area contributed by atoms with Crippen LogP contribution < -0.4 is 0 Å². The van der Waals surface area contributed by atoms with Crippen LogP contribution in [0.2, 0.25) is 0 Å². The predicted octanol–water partition coefficient (Wildman–Crippen LogP) is 7.21. The van der Waals surface area contributed by atoms with Crippen molar-refractivity contribution >= 4 is 38.5 Å². The largest absolute Gasteiger partial charge is 0.298 e. The molecule has 0 heterocycles. The minimum Gasteiger partial charge on any atom is -0.298 e. The first kappa shape index (κ1) is 24.9. The lowest BCUT2D eigenvalue weighted by molar-refractivity contribution is -0.126. The van der Waals surface area contributed by atoms with Gasteiger partial charge in [-0.3, -0.25) is 4.79 Å². The minimum absolute atomic E-state index is 0.0272. The Bertz CT molecular complexity index is 1630. The van der Waals surface area contributed by atoms with Crippen LogP contribution in [0.4, 0.5) is 0 Å². The van der Waals surface area contributed by atoms with Crippen molar-refractivity contribution in [1.29, 1.82) is 0 Å². The highest BCUT2D eigenvalue weighted by Crippen LogP contribution is 2.71. The number of ketones is 1. The monoisotopic (exact) mass is 536 g/mol. The second kappa shape index (κ2) is 9.11. The molecule has 0 radical (unpaired) electrons. The number of rotatable bonds is 6. The van der Waals surface area contributed by atoms with Crippen LogP contribution in [-0.4, -0.2) is 24.7 Å². The molecule has 4 aromatic carbocycles. The van der Waals surface area contributed by atoms with Gasteiger partial charge in [0.1, 0.15) is 0 Å². The van der Waals surface area contributed by atoms with E-state index >= 15 is 0 Å². The first-order chi connectivity index (χ1) is 18.3. The lowest BCUT2D eigenvalue weighted by atomic mass is 9.72. The fourth-order valence-corrected chi connectivity index (χ4v) is 10.9. The normalized spacial score (nSPS) is 26.6. The maximum Gasteiger partial charge on any atom is 0.183 e. The van der Waals surface area contributed by atoms with Gasteiger partial charge in [0, 0.05) is 10.1 Å². The third-order valence-electron chi connectivity index (χ3n) is 8.18. The summed E-state index contributed by atoms with van der Waals surface area (Å²) < 4.78 is 29.1. The van der Waals surface area contributed by atoms with Crippen LogP contribution >= 0.6 is 11.8 Å². The molecule has 190 valence electrons. The van der Waals surface area contributed by atoms with E-state index in [1.54, 1.807) is 24.3 Å². The van der Waals surface area contributed by atoms with E-state index in [4.69, 9.17) is 0 Å². The zero-order valence-corrected chi connectivity index (χ0v) is 22.9. The minimum atomic E-state index is -3.89. The first-order valence-corrected chi connectivity index (χ1v) is 15.1. The van der Waals surface area contributed by atoms with Crippen LogP contribution in [0.25, 0.3) is 11.1 Å². The average Bonchev–Trinajstić information content (AvgIpc) is 3.24. The van der Waals surface area contributed by atoms with Crippen molar-refractivity contribution in [3.05, 3.63) is 132 Å². The maximum atomic E-state index is 14.7. The van der Waals surface area contributed by atoms with Gasteiger partial charge >= 0.3 is 0 Å². The number of fused-ring (bicyclic) bond motifs is 2. The average molecular weight is 537 g/mol. The molecule has 0 N–H and O–H groups in total. The molecule has 4 unspecified atom stereocenters. The molecule has 2 bridgehead atoms. The van der Waals surface area contributed by atoms with Crippen LogP contribution in [0, 0.1) is 10.8 Å². The second-order valence-corrected chi connectivity index (χ2v) is 13.6. The lowest BCUT2D eigenvalue weighted by Gasteiger charge is -2.41. The Labute approximate surface area is 228 Å². The zero-order valence-electron chi connectivity index (χ0n) is 21.2. The summed E-state index contributed by atoms with van der Waals surface area (Å²) in [4.78, 5) is 15.9. The van der Waals surface area contributed by atoms with E-state index in [0.717, 1.165) is 27.2 Å². The van der Waals surface area contributed by atoms with Crippen LogP contribution in [0.1, 0.15) is 25.0 Å². The molecule has 3 nitrogen and oxygen atoms in total. The Balaban J connectivity index is 1.69. The van der Waals surface area contributed by atoms with Crippen molar-refractivity contribution < 1.29 is 13.2 Å². The van der Waals surface area contributed by atoms with Gasteiger partial charge in [-0.25, -0.2) is 8.42 Å². The Morgan fingerprint density at radius 2 is 1.03 bits per heavy atom. The number of hydrogen-bond acceptors (Lipinski definition) is 4. The van der Waals surface area contributed by atoms with Crippen LogP contribution in [0.5, 0.6) is 0 Å². The standard InChI is InChI=1S/C33H28O3S2/c1-32-27(23-15-7-3-8-16-23)28(24-17-9-4-10-18-24)33(2,31(32)34)30(29(32)37-25-19-11-5-12-20-25)38(35,36)26-21-13-6-14-22-26/h3-22,29-30H,1-2H3. The van der Waals surface area contributed by atoms with E-state index in [1.165, 1.54) is 11.8 Å². The van der Waals surface area contributed by atoms with Gasteiger partial charge in [0.05, 0.1) is 21.0 Å². The van der Waals surface area contributed by atoms with Gasteiger partial charge < -0.3 is 0 Å². The van der Waals surface area contributed by atoms with Gasteiger partial charge in [0.15, 0.2) is 15.6 Å². The molecule has 6 rings (SSSR count). The molecule has 38 heavy (non-hydrogen) atoms. The van der Waals surface area contributed by atoms with Gasteiger partial charge in [-0.1, -0.05) is 97.1 Å². The predicted molar refractivity (Wildman–Crippen MR) is 154 cm³/mol.